The molecule has 0 saturated carbocycles. The third-order valence-corrected chi connectivity index (χ3v) is 6.93. The van der Waals surface area contributed by atoms with Crippen molar-refractivity contribution in [2.24, 2.45) is 0 Å². The average Bonchev–Trinajstić information content (AvgIpc) is 2.83. The van der Waals surface area contributed by atoms with Crippen LogP contribution in [0.15, 0.2) is 24.3 Å². The predicted molar refractivity (Wildman–Crippen MR) is 138 cm³/mol. The number of halogens is 1. The number of unbranched alkanes of at least 4 members (excludes halogenated alkanes) is 8. The fourth-order valence-corrected chi connectivity index (χ4v) is 4.85. The van der Waals surface area contributed by atoms with Gasteiger partial charge in [0, 0.05) is 0 Å². The van der Waals surface area contributed by atoms with Crippen LogP contribution in [0.2, 0.25) is 0 Å². The number of para-hydroxylation sites is 2. The first-order valence-corrected chi connectivity index (χ1v) is 13.7. The Bertz CT molecular complexity index is 650. The van der Waals surface area contributed by atoms with Gasteiger partial charge in [-0.25, -0.2) is 4.79 Å². The number of ether oxygens (including phenoxy) is 2. The quantitative estimate of drug-likeness (QED) is 0.232. The second kappa shape index (κ2) is 19.0. The Morgan fingerprint density at radius 2 is 1.47 bits per heavy atom. The molecule has 196 valence electrons. The number of hydrogen-bond donors (Lipinski definition) is 1. The van der Waals surface area contributed by atoms with Crippen LogP contribution in [0.3, 0.4) is 0 Å². The number of piperidine rings is 1. The zero-order valence-electron chi connectivity index (χ0n) is 21.8. The highest BCUT2D eigenvalue weighted by atomic mass is 79.9. The molecule has 1 amide bonds. The van der Waals surface area contributed by atoms with E-state index in [1.54, 1.807) is 0 Å². The first-order chi connectivity index (χ1) is 16.2. The van der Waals surface area contributed by atoms with E-state index in [4.69, 9.17) is 9.47 Å². The minimum absolute atomic E-state index is 0. The number of hydrogen-bond acceptors (Lipinski definition) is 3. The summed E-state index contributed by atoms with van der Waals surface area (Å²) in [5, 5.41) is 2.89. The monoisotopic (exact) mass is 540 g/mol. The lowest BCUT2D eigenvalue weighted by molar-refractivity contribution is -0.932. The maximum atomic E-state index is 12.5. The van der Waals surface area contributed by atoms with Gasteiger partial charge in [-0.2, -0.15) is 0 Å². The molecule has 1 fully saturated rings. The Balaban J connectivity index is 0.00000578. The second-order valence-corrected chi connectivity index (χ2v) is 9.73. The molecule has 0 aromatic heterocycles. The van der Waals surface area contributed by atoms with Gasteiger partial charge in [-0.1, -0.05) is 70.9 Å². The molecule has 0 unspecified atom stereocenters. The van der Waals surface area contributed by atoms with E-state index in [-0.39, 0.29) is 23.1 Å². The van der Waals surface area contributed by atoms with Crippen molar-refractivity contribution in [1.82, 2.24) is 0 Å². The van der Waals surface area contributed by atoms with Gasteiger partial charge in [0.2, 0.25) is 0 Å². The van der Waals surface area contributed by atoms with Crippen LogP contribution >= 0.6 is 0 Å². The van der Waals surface area contributed by atoms with Crippen molar-refractivity contribution in [1.29, 1.82) is 0 Å². The Hall–Kier alpha value is -1.27. The smallest absolute Gasteiger partial charge is 0.411 e. The van der Waals surface area contributed by atoms with Gasteiger partial charge in [0.05, 0.1) is 31.9 Å². The number of carbonyl (C=O) groups excluding carboxylic acids is 1. The molecule has 34 heavy (non-hydrogen) atoms. The molecular formula is C28H49BrN2O3. The maximum absolute atomic E-state index is 12.5. The van der Waals surface area contributed by atoms with Crippen molar-refractivity contribution < 1.29 is 35.7 Å². The van der Waals surface area contributed by atoms with E-state index in [0.29, 0.717) is 24.7 Å². The zero-order chi connectivity index (χ0) is 23.6. The number of carbonyl (C=O) groups is 1. The van der Waals surface area contributed by atoms with Gasteiger partial charge in [0.15, 0.2) is 0 Å². The van der Waals surface area contributed by atoms with E-state index in [2.05, 4.69) is 19.2 Å². The molecule has 0 bridgehead atoms. The summed E-state index contributed by atoms with van der Waals surface area (Å²) >= 11 is 0. The van der Waals surface area contributed by atoms with Crippen molar-refractivity contribution in [3.63, 3.8) is 0 Å². The molecule has 0 radical (unpaired) electrons. The summed E-state index contributed by atoms with van der Waals surface area (Å²) in [6, 6.07) is 7.61. The molecule has 2 rings (SSSR count). The number of amides is 1. The van der Waals surface area contributed by atoms with E-state index >= 15 is 0 Å². The molecule has 1 heterocycles. The molecular weight excluding hydrogens is 492 g/mol. The van der Waals surface area contributed by atoms with Crippen molar-refractivity contribution in [3.05, 3.63) is 24.3 Å². The third-order valence-electron chi connectivity index (χ3n) is 6.93. The second-order valence-electron chi connectivity index (χ2n) is 9.73. The molecule has 1 aliphatic rings. The van der Waals surface area contributed by atoms with E-state index in [9.17, 15) is 4.79 Å². The third kappa shape index (κ3) is 12.4. The Kier molecular flexibility index (Phi) is 17.2. The van der Waals surface area contributed by atoms with Gasteiger partial charge < -0.3 is 30.9 Å². The first kappa shape index (κ1) is 30.8. The maximum Gasteiger partial charge on any atom is 0.411 e. The highest BCUT2D eigenvalue weighted by molar-refractivity contribution is 5.86. The molecule has 0 atom stereocenters. The van der Waals surface area contributed by atoms with Crippen molar-refractivity contribution >= 4 is 11.8 Å². The summed E-state index contributed by atoms with van der Waals surface area (Å²) in [5.41, 5.74) is 0.684. The molecule has 1 aromatic carbocycles. The van der Waals surface area contributed by atoms with Gasteiger partial charge in [0.25, 0.3) is 0 Å². The fraction of sp³-hybridized carbons (Fsp3) is 0.750. The van der Waals surface area contributed by atoms with Crippen LogP contribution in [-0.4, -0.2) is 50.0 Å². The lowest BCUT2D eigenvalue weighted by atomic mass is 10.0. The molecule has 6 heteroatoms. The van der Waals surface area contributed by atoms with Crippen LogP contribution in [0.5, 0.6) is 5.75 Å². The summed E-state index contributed by atoms with van der Waals surface area (Å²) < 4.78 is 12.6. The van der Waals surface area contributed by atoms with Crippen LogP contribution in [0.25, 0.3) is 0 Å². The number of nitrogens with one attached hydrogen (secondary N) is 1. The summed E-state index contributed by atoms with van der Waals surface area (Å²) in [6.45, 7) is 10.2. The van der Waals surface area contributed by atoms with Crippen molar-refractivity contribution in [2.45, 2.75) is 97.3 Å². The minimum Gasteiger partial charge on any atom is -1.00 e. The number of likely N-dealkylation sites (tertiary alicyclic amines) is 1. The van der Waals surface area contributed by atoms with Gasteiger partial charge in [-0.15, -0.1) is 0 Å². The van der Waals surface area contributed by atoms with Gasteiger partial charge in [0.1, 0.15) is 18.9 Å². The Labute approximate surface area is 219 Å². The summed E-state index contributed by atoms with van der Waals surface area (Å²) in [6.07, 6.45) is 16.3. The molecule has 1 aliphatic heterocycles. The lowest BCUT2D eigenvalue weighted by Crippen LogP contribution is -3.00. The number of quaternary nitrogens is 1. The lowest BCUT2D eigenvalue weighted by Gasteiger charge is -2.41. The first-order valence-electron chi connectivity index (χ1n) is 13.7. The fourth-order valence-electron chi connectivity index (χ4n) is 4.85. The Morgan fingerprint density at radius 1 is 0.824 bits per heavy atom. The van der Waals surface area contributed by atoms with Crippen molar-refractivity contribution in [2.75, 3.05) is 44.7 Å². The minimum atomic E-state index is -0.384. The Morgan fingerprint density at radius 3 is 2.21 bits per heavy atom. The van der Waals surface area contributed by atoms with E-state index in [1.165, 1.54) is 83.8 Å². The average molecular weight is 542 g/mol. The van der Waals surface area contributed by atoms with Gasteiger partial charge in [-0.3, -0.25) is 5.32 Å². The number of benzene rings is 1. The number of anilines is 1. The number of rotatable bonds is 17. The standard InChI is InChI=1S/C28H48N2O3.BrH/c1-3-5-7-8-9-10-14-20-30(21-15-11-16-22-30)23-25-33-28(31)29-26-18-12-13-19-27(26)32-24-17-6-4-2;/h12-13,18-19H,3-11,14-17,20-25H2,1-2H3;1H. The molecule has 1 N–H and O–H groups in total. The highest BCUT2D eigenvalue weighted by Gasteiger charge is 2.29. The van der Waals surface area contributed by atoms with E-state index in [0.717, 1.165) is 30.3 Å². The largest absolute Gasteiger partial charge is 1.00 e. The summed E-state index contributed by atoms with van der Waals surface area (Å²) in [7, 11) is 0. The van der Waals surface area contributed by atoms with Crippen LogP contribution in [0.1, 0.15) is 97.3 Å². The normalized spacial score (nSPS) is 14.8. The van der Waals surface area contributed by atoms with E-state index < -0.39 is 0 Å². The van der Waals surface area contributed by atoms with Crippen LogP contribution in [-0.2, 0) is 4.74 Å². The molecule has 0 aliphatic carbocycles. The molecule has 0 spiro atoms. The van der Waals surface area contributed by atoms with E-state index in [1.807, 2.05) is 24.3 Å². The molecule has 1 aromatic rings. The predicted octanol–water partition coefficient (Wildman–Crippen LogP) is 4.56. The molecule has 5 nitrogen and oxygen atoms in total. The van der Waals surface area contributed by atoms with Crippen LogP contribution in [0.4, 0.5) is 10.5 Å². The summed E-state index contributed by atoms with van der Waals surface area (Å²) in [5.74, 6) is 0.712. The van der Waals surface area contributed by atoms with Crippen LogP contribution < -0.4 is 27.0 Å². The molecule has 1 saturated heterocycles. The highest BCUT2D eigenvalue weighted by Crippen LogP contribution is 2.25. The van der Waals surface area contributed by atoms with Gasteiger partial charge >= 0.3 is 6.09 Å². The van der Waals surface area contributed by atoms with Gasteiger partial charge in [-0.05, 0) is 50.7 Å². The number of nitrogens with zero attached hydrogens (tertiary/aromatic N) is 1. The zero-order valence-corrected chi connectivity index (χ0v) is 23.4. The van der Waals surface area contributed by atoms with Crippen LogP contribution in [0, 0.1) is 0 Å². The topological polar surface area (TPSA) is 47.6 Å². The SMILES string of the molecule is CCCCCCCCC[N+]1(CCOC(=O)Nc2ccccc2OCCCCC)CCCCC1.[Br-]. The summed E-state index contributed by atoms with van der Waals surface area (Å²) in [4.78, 5) is 12.5. The van der Waals surface area contributed by atoms with Crippen molar-refractivity contribution in [3.8, 4) is 5.75 Å².